The first-order valence-electron chi connectivity index (χ1n) is 9.03. The Morgan fingerprint density at radius 1 is 1.17 bits per heavy atom. The smallest absolute Gasteiger partial charge is 0.273 e. The van der Waals surface area contributed by atoms with E-state index in [0.717, 1.165) is 17.0 Å². The van der Waals surface area contributed by atoms with E-state index in [4.69, 9.17) is 10.00 Å². The number of ether oxygens (including phenoxy) is 1. The van der Waals surface area contributed by atoms with Crippen LogP contribution in [0.25, 0.3) is 17.3 Å². The van der Waals surface area contributed by atoms with E-state index in [1.165, 1.54) is 19.2 Å². The monoisotopic (exact) mass is 398 g/mol. The van der Waals surface area contributed by atoms with Gasteiger partial charge in [0.25, 0.3) is 5.69 Å². The summed E-state index contributed by atoms with van der Waals surface area (Å²) in [6, 6.07) is 17.6. The number of nitro groups is 1. The van der Waals surface area contributed by atoms with Crippen molar-refractivity contribution in [1.29, 1.82) is 10.5 Å². The van der Waals surface area contributed by atoms with E-state index in [-0.39, 0.29) is 5.69 Å². The number of hydrogen-bond acceptors (Lipinski definition) is 5. The number of methoxy groups -OCH3 is 1. The molecular formula is C23H18N4O3. The Balaban J connectivity index is 2.12. The first-order chi connectivity index (χ1) is 14.4. The number of rotatable bonds is 5. The van der Waals surface area contributed by atoms with E-state index in [1.54, 1.807) is 36.4 Å². The molecule has 30 heavy (non-hydrogen) atoms. The van der Waals surface area contributed by atoms with E-state index in [1.807, 2.05) is 24.5 Å². The highest BCUT2D eigenvalue weighted by Crippen LogP contribution is 2.32. The van der Waals surface area contributed by atoms with Crippen LogP contribution in [0.2, 0.25) is 0 Å². The fourth-order valence-corrected chi connectivity index (χ4v) is 3.36. The standard InChI is InChI=1S/C23H18N4O3/c1-15-9-19(11-20(14-25)18-6-4-5-17(10-18)13-24)16(2)26(15)22-8-7-21(27(28)29)12-23(22)30-3/h4-12H,1-3H3/b20-11-. The topological polar surface area (TPSA) is 105 Å². The van der Waals surface area contributed by atoms with Gasteiger partial charge in [0, 0.05) is 17.5 Å². The third-order valence-electron chi connectivity index (χ3n) is 4.81. The van der Waals surface area contributed by atoms with Crippen molar-refractivity contribution in [3.8, 4) is 23.6 Å². The largest absolute Gasteiger partial charge is 0.494 e. The van der Waals surface area contributed by atoms with Crippen molar-refractivity contribution in [2.45, 2.75) is 13.8 Å². The van der Waals surface area contributed by atoms with E-state index < -0.39 is 4.92 Å². The Morgan fingerprint density at radius 2 is 1.93 bits per heavy atom. The first-order valence-corrected chi connectivity index (χ1v) is 9.03. The number of benzene rings is 2. The summed E-state index contributed by atoms with van der Waals surface area (Å²) in [7, 11) is 1.47. The van der Waals surface area contributed by atoms with Crippen molar-refractivity contribution in [2.24, 2.45) is 0 Å². The second kappa shape index (κ2) is 8.34. The minimum Gasteiger partial charge on any atom is -0.494 e. The van der Waals surface area contributed by atoms with Crippen molar-refractivity contribution in [1.82, 2.24) is 4.57 Å². The highest BCUT2D eigenvalue weighted by molar-refractivity contribution is 5.90. The van der Waals surface area contributed by atoms with Gasteiger partial charge < -0.3 is 9.30 Å². The van der Waals surface area contributed by atoms with Gasteiger partial charge in [0.15, 0.2) is 0 Å². The predicted molar refractivity (Wildman–Crippen MR) is 113 cm³/mol. The van der Waals surface area contributed by atoms with Gasteiger partial charge in [-0.3, -0.25) is 10.1 Å². The zero-order valence-electron chi connectivity index (χ0n) is 16.7. The summed E-state index contributed by atoms with van der Waals surface area (Å²) in [5.41, 5.74) is 4.75. The number of aromatic nitrogens is 1. The molecule has 0 unspecified atom stereocenters. The van der Waals surface area contributed by atoms with Gasteiger partial charge >= 0.3 is 0 Å². The molecule has 0 aliphatic carbocycles. The van der Waals surface area contributed by atoms with Crippen LogP contribution in [0.15, 0.2) is 48.5 Å². The molecule has 7 nitrogen and oxygen atoms in total. The number of aryl methyl sites for hydroxylation is 1. The van der Waals surface area contributed by atoms with E-state index in [9.17, 15) is 15.4 Å². The maximum atomic E-state index is 11.1. The van der Waals surface area contributed by atoms with Crippen molar-refractivity contribution >= 4 is 17.3 Å². The highest BCUT2D eigenvalue weighted by Gasteiger charge is 2.17. The van der Waals surface area contributed by atoms with Crippen LogP contribution in [-0.2, 0) is 0 Å². The van der Waals surface area contributed by atoms with Crippen LogP contribution in [0.4, 0.5) is 5.69 Å². The van der Waals surface area contributed by atoms with Crippen molar-refractivity contribution in [2.75, 3.05) is 7.11 Å². The van der Waals surface area contributed by atoms with Crippen LogP contribution >= 0.6 is 0 Å². The summed E-state index contributed by atoms with van der Waals surface area (Å²) >= 11 is 0. The lowest BCUT2D eigenvalue weighted by Gasteiger charge is -2.14. The number of nitrogens with zero attached hydrogens (tertiary/aromatic N) is 4. The molecule has 0 aliphatic rings. The third-order valence-corrected chi connectivity index (χ3v) is 4.81. The Labute approximate surface area is 173 Å². The molecule has 2 aromatic carbocycles. The second-order valence-electron chi connectivity index (χ2n) is 6.64. The van der Waals surface area contributed by atoms with Crippen LogP contribution in [0.5, 0.6) is 5.75 Å². The summed E-state index contributed by atoms with van der Waals surface area (Å²) in [4.78, 5) is 10.6. The molecular weight excluding hydrogens is 380 g/mol. The number of hydrogen-bond donors (Lipinski definition) is 0. The molecule has 0 saturated heterocycles. The summed E-state index contributed by atoms with van der Waals surface area (Å²) < 4.78 is 7.31. The average molecular weight is 398 g/mol. The summed E-state index contributed by atoms with van der Waals surface area (Å²) in [6.45, 7) is 3.81. The molecule has 0 spiro atoms. The normalized spacial score (nSPS) is 10.9. The van der Waals surface area contributed by atoms with Crippen LogP contribution in [0.3, 0.4) is 0 Å². The quantitative estimate of drug-likeness (QED) is 0.344. The Bertz CT molecular complexity index is 1260. The minimum atomic E-state index is -0.468. The van der Waals surface area contributed by atoms with Crippen LogP contribution in [0.1, 0.15) is 28.1 Å². The zero-order valence-corrected chi connectivity index (χ0v) is 16.7. The lowest BCUT2D eigenvalue weighted by molar-refractivity contribution is -0.384. The SMILES string of the molecule is COc1cc([N+](=O)[O-])ccc1-n1c(C)cc(/C=C(/C#N)c2cccc(C#N)c2)c1C. The average Bonchev–Trinajstić information content (AvgIpc) is 3.04. The maximum Gasteiger partial charge on any atom is 0.273 e. The molecule has 0 saturated carbocycles. The molecule has 0 aliphatic heterocycles. The summed E-state index contributed by atoms with van der Waals surface area (Å²) in [5.74, 6) is 0.378. The Kier molecular flexibility index (Phi) is 5.66. The van der Waals surface area contributed by atoms with E-state index in [2.05, 4.69) is 12.1 Å². The number of nitriles is 2. The highest BCUT2D eigenvalue weighted by atomic mass is 16.6. The Morgan fingerprint density at radius 3 is 2.57 bits per heavy atom. The van der Waals surface area contributed by atoms with Gasteiger partial charge in [0.1, 0.15) is 5.75 Å². The molecule has 3 rings (SSSR count). The number of nitro benzene ring substituents is 1. The molecule has 1 heterocycles. The molecule has 7 heteroatoms. The summed E-state index contributed by atoms with van der Waals surface area (Å²) in [5, 5.41) is 29.8. The maximum absolute atomic E-state index is 11.1. The van der Waals surface area contributed by atoms with Gasteiger partial charge in [0.2, 0.25) is 0 Å². The first kappa shape index (κ1) is 20.4. The van der Waals surface area contributed by atoms with E-state index in [0.29, 0.717) is 28.1 Å². The number of non-ortho nitro benzene ring substituents is 1. The molecule has 0 fully saturated rings. The summed E-state index contributed by atoms with van der Waals surface area (Å²) in [6.07, 6.45) is 1.77. The molecule has 0 N–H and O–H groups in total. The third kappa shape index (κ3) is 3.78. The molecule has 148 valence electrons. The van der Waals surface area contributed by atoms with Gasteiger partial charge in [-0.15, -0.1) is 0 Å². The van der Waals surface area contributed by atoms with Crippen molar-refractivity contribution < 1.29 is 9.66 Å². The zero-order chi connectivity index (χ0) is 21.8. The van der Waals surface area contributed by atoms with Crippen LogP contribution in [-0.4, -0.2) is 16.6 Å². The van der Waals surface area contributed by atoms with Gasteiger partial charge in [0.05, 0.1) is 47.1 Å². The van der Waals surface area contributed by atoms with Gasteiger partial charge in [-0.05, 0) is 55.3 Å². The molecule has 0 bridgehead atoms. The Hall–Kier alpha value is -4.36. The molecule has 0 atom stereocenters. The number of allylic oxidation sites excluding steroid dienone is 1. The lowest BCUT2D eigenvalue weighted by atomic mass is 10.0. The fraction of sp³-hybridized carbons (Fsp3) is 0.130. The minimum absolute atomic E-state index is 0.0534. The second-order valence-corrected chi connectivity index (χ2v) is 6.64. The van der Waals surface area contributed by atoms with Crippen LogP contribution in [0, 0.1) is 46.6 Å². The fourth-order valence-electron chi connectivity index (χ4n) is 3.36. The van der Waals surface area contributed by atoms with Crippen LogP contribution < -0.4 is 4.74 Å². The van der Waals surface area contributed by atoms with Crippen molar-refractivity contribution in [3.63, 3.8) is 0 Å². The molecule has 1 aromatic heterocycles. The van der Waals surface area contributed by atoms with Gasteiger partial charge in [-0.25, -0.2) is 0 Å². The lowest BCUT2D eigenvalue weighted by Crippen LogP contribution is -2.03. The van der Waals surface area contributed by atoms with Gasteiger partial charge in [-0.1, -0.05) is 12.1 Å². The van der Waals surface area contributed by atoms with Gasteiger partial charge in [-0.2, -0.15) is 10.5 Å². The predicted octanol–water partition coefficient (Wildman–Crippen LogP) is 4.95. The molecule has 0 amide bonds. The molecule has 3 aromatic rings. The van der Waals surface area contributed by atoms with E-state index >= 15 is 0 Å². The molecule has 0 radical (unpaired) electrons. The van der Waals surface area contributed by atoms with Crippen molar-refractivity contribution in [3.05, 3.63) is 86.7 Å².